The molecule has 0 radical (unpaired) electrons. The number of nitrogens with zero attached hydrogens (tertiary/aromatic N) is 1. The molecule has 2 nitrogen and oxygen atoms in total. The lowest BCUT2D eigenvalue weighted by atomic mass is 9.88. The molecule has 0 bridgehead atoms. The number of hydrogen-bond acceptors (Lipinski definition) is 2. The summed E-state index contributed by atoms with van der Waals surface area (Å²) in [5.41, 5.74) is 0.00778. The van der Waals surface area contributed by atoms with Gasteiger partial charge in [-0.25, -0.2) is 4.99 Å². The molecule has 1 heterocycles. The van der Waals surface area contributed by atoms with E-state index in [-0.39, 0.29) is 11.5 Å². The van der Waals surface area contributed by atoms with Crippen molar-refractivity contribution in [1.82, 2.24) is 0 Å². The fourth-order valence-corrected chi connectivity index (χ4v) is 0.788. The van der Waals surface area contributed by atoms with E-state index in [1.807, 2.05) is 20.8 Å². The SMILES string of the molecule is CC(C)(C)C1COC(F)=N1. The Labute approximate surface area is 60.1 Å². The van der Waals surface area contributed by atoms with Crippen molar-refractivity contribution >= 4 is 6.15 Å². The number of ether oxygens (including phenoxy) is 1. The summed E-state index contributed by atoms with van der Waals surface area (Å²) in [5, 5.41) is 0. The summed E-state index contributed by atoms with van der Waals surface area (Å²) in [6, 6.07) is -0.0208. The first kappa shape index (κ1) is 7.51. The van der Waals surface area contributed by atoms with Gasteiger partial charge in [-0.15, -0.1) is 4.39 Å². The van der Waals surface area contributed by atoms with Gasteiger partial charge in [0.25, 0.3) is 0 Å². The van der Waals surface area contributed by atoms with E-state index in [9.17, 15) is 4.39 Å². The Morgan fingerprint density at radius 1 is 1.60 bits per heavy atom. The highest BCUT2D eigenvalue weighted by Gasteiger charge is 2.30. The summed E-state index contributed by atoms with van der Waals surface area (Å²) >= 11 is 0. The van der Waals surface area contributed by atoms with Crippen LogP contribution >= 0.6 is 0 Å². The molecule has 1 aliphatic heterocycles. The summed E-state index contributed by atoms with van der Waals surface area (Å²) in [5.74, 6) is 0. The van der Waals surface area contributed by atoms with Crippen molar-refractivity contribution in [3.63, 3.8) is 0 Å². The molecule has 0 aliphatic carbocycles. The lowest BCUT2D eigenvalue weighted by Crippen LogP contribution is -2.25. The van der Waals surface area contributed by atoms with Crippen molar-refractivity contribution < 1.29 is 9.13 Å². The zero-order valence-electron chi connectivity index (χ0n) is 6.52. The molecule has 0 saturated carbocycles. The first-order valence-corrected chi connectivity index (χ1v) is 3.36. The summed E-state index contributed by atoms with van der Waals surface area (Å²) in [6.07, 6.45) is -0.667. The van der Waals surface area contributed by atoms with Crippen molar-refractivity contribution in [3.8, 4) is 0 Å². The molecule has 0 aromatic rings. The van der Waals surface area contributed by atoms with Gasteiger partial charge in [-0.3, -0.25) is 0 Å². The molecule has 10 heavy (non-hydrogen) atoms. The van der Waals surface area contributed by atoms with E-state index in [2.05, 4.69) is 9.73 Å². The number of rotatable bonds is 0. The van der Waals surface area contributed by atoms with Crippen LogP contribution in [0, 0.1) is 5.41 Å². The molecule has 0 aromatic carbocycles. The smallest absolute Gasteiger partial charge is 0.372 e. The second kappa shape index (κ2) is 2.22. The van der Waals surface area contributed by atoms with Gasteiger partial charge in [0.05, 0.1) is 6.04 Å². The Morgan fingerprint density at radius 3 is 2.40 bits per heavy atom. The summed E-state index contributed by atoms with van der Waals surface area (Å²) in [6.45, 7) is 6.44. The van der Waals surface area contributed by atoms with Crippen molar-refractivity contribution in [1.29, 1.82) is 0 Å². The molecule has 58 valence electrons. The van der Waals surface area contributed by atoms with Gasteiger partial charge in [-0.2, -0.15) is 0 Å². The standard InChI is InChI=1S/C7H12FNO/c1-7(2,3)5-4-10-6(8)9-5/h5H,4H2,1-3H3. The van der Waals surface area contributed by atoms with Gasteiger partial charge in [0, 0.05) is 0 Å². The minimum Gasteiger partial charge on any atom is -0.454 e. The topological polar surface area (TPSA) is 21.6 Å². The average molecular weight is 145 g/mol. The highest BCUT2D eigenvalue weighted by molar-refractivity contribution is 5.67. The van der Waals surface area contributed by atoms with E-state index in [1.165, 1.54) is 0 Å². The van der Waals surface area contributed by atoms with Gasteiger partial charge >= 0.3 is 6.15 Å². The first-order valence-electron chi connectivity index (χ1n) is 3.36. The Bertz CT molecular complexity index is 159. The normalized spacial score (nSPS) is 26.0. The number of halogens is 1. The zero-order chi connectivity index (χ0) is 7.78. The van der Waals surface area contributed by atoms with Crippen molar-refractivity contribution in [2.24, 2.45) is 10.4 Å². The first-order chi connectivity index (χ1) is 4.50. The third-order valence-corrected chi connectivity index (χ3v) is 1.62. The lowest BCUT2D eigenvalue weighted by Gasteiger charge is -2.21. The second-order valence-corrected chi connectivity index (χ2v) is 3.57. The van der Waals surface area contributed by atoms with Crippen LogP contribution in [0.2, 0.25) is 0 Å². The van der Waals surface area contributed by atoms with E-state index in [0.29, 0.717) is 6.61 Å². The third kappa shape index (κ3) is 1.46. The maximum absolute atomic E-state index is 12.2. The Morgan fingerprint density at radius 2 is 2.20 bits per heavy atom. The predicted molar refractivity (Wildman–Crippen MR) is 37.7 cm³/mol. The highest BCUT2D eigenvalue weighted by Crippen LogP contribution is 2.25. The van der Waals surface area contributed by atoms with Gasteiger partial charge in [0.1, 0.15) is 6.61 Å². The molecule has 3 heteroatoms. The molecular weight excluding hydrogens is 133 g/mol. The van der Waals surface area contributed by atoms with Crippen LogP contribution < -0.4 is 0 Å². The van der Waals surface area contributed by atoms with Crippen LogP contribution in [0.5, 0.6) is 0 Å². The molecule has 1 aliphatic rings. The van der Waals surface area contributed by atoms with Gasteiger partial charge in [-0.05, 0) is 5.41 Å². The van der Waals surface area contributed by atoms with E-state index in [0.717, 1.165) is 0 Å². The lowest BCUT2D eigenvalue weighted by molar-refractivity contribution is 0.223. The molecule has 1 unspecified atom stereocenters. The summed E-state index contributed by atoms with van der Waals surface area (Å²) in [4.78, 5) is 3.69. The molecule has 0 aromatic heterocycles. The monoisotopic (exact) mass is 145 g/mol. The van der Waals surface area contributed by atoms with Crippen molar-refractivity contribution in [3.05, 3.63) is 0 Å². The van der Waals surface area contributed by atoms with E-state index in [1.54, 1.807) is 0 Å². The number of aliphatic imine (C=N–C) groups is 1. The van der Waals surface area contributed by atoms with Crippen LogP contribution in [0.1, 0.15) is 20.8 Å². The van der Waals surface area contributed by atoms with Gasteiger partial charge in [0.15, 0.2) is 0 Å². The summed E-state index contributed by atoms with van der Waals surface area (Å²) in [7, 11) is 0. The van der Waals surface area contributed by atoms with Gasteiger partial charge in [-0.1, -0.05) is 20.8 Å². The Kier molecular flexibility index (Phi) is 1.67. The minimum atomic E-state index is -0.667. The predicted octanol–water partition coefficient (Wildman–Crippen LogP) is 1.76. The third-order valence-electron chi connectivity index (χ3n) is 1.62. The van der Waals surface area contributed by atoms with Crippen LogP contribution in [-0.4, -0.2) is 18.8 Å². The Balaban J connectivity index is 2.61. The van der Waals surface area contributed by atoms with Crippen LogP contribution in [0.25, 0.3) is 0 Å². The average Bonchev–Trinajstić information content (AvgIpc) is 2.11. The largest absolute Gasteiger partial charge is 0.454 e. The van der Waals surface area contributed by atoms with Crippen LogP contribution in [0.15, 0.2) is 4.99 Å². The van der Waals surface area contributed by atoms with E-state index in [4.69, 9.17) is 0 Å². The zero-order valence-corrected chi connectivity index (χ0v) is 6.52. The molecule has 0 amide bonds. The second-order valence-electron chi connectivity index (χ2n) is 3.57. The molecule has 0 N–H and O–H groups in total. The Hall–Kier alpha value is -0.600. The fourth-order valence-electron chi connectivity index (χ4n) is 0.788. The van der Waals surface area contributed by atoms with Crippen LogP contribution in [0.4, 0.5) is 4.39 Å². The van der Waals surface area contributed by atoms with Crippen molar-refractivity contribution in [2.75, 3.05) is 6.61 Å². The van der Waals surface area contributed by atoms with Crippen molar-refractivity contribution in [2.45, 2.75) is 26.8 Å². The molecule has 0 saturated heterocycles. The van der Waals surface area contributed by atoms with E-state index >= 15 is 0 Å². The molecule has 1 rings (SSSR count). The highest BCUT2D eigenvalue weighted by atomic mass is 19.1. The minimum absolute atomic E-state index is 0.00778. The van der Waals surface area contributed by atoms with Crippen LogP contribution in [0.3, 0.4) is 0 Å². The van der Waals surface area contributed by atoms with Gasteiger partial charge < -0.3 is 4.74 Å². The maximum atomic E-state index is 12.2. The molecule has 0 spiro atoms. The molecular formula is C7H12FNO. The quantitative estimate of drug-likeness (QED) is 0.509. The molecule has 1 atom stereocenters. The summed E-state index contributed by atoms with van der Waals surface area (Å²) < 4.78 is 16.8. The fraction of sp³-hybridized carbons (Fsp3) is 0.857. The number of hydrogen-bond donors (Lipinski definition) is 0. The molecule has 0 fully saturated rings. The van der Waals surface area contributed by atoms with Gasteiger partial charge in [0.2, 0.25) is 0 Å². The maximum Gasteiger partial charge on any atom is 0.372 e. The van der Waals surface area contributed by atoms with E-state index < -0.39 is 6.15 Å². The van der Waals surface area contributed by atoms with Crippen LogP contribution in [-0.2, 0) is 4.74 Å².